The molecule has 1 aliphatic rings. The van der Waals surface area contributed by atoms with Gasteiger partial charge in [0.2, 0.25) is 0 Å². The summed E-state index contributed by atoms with van der Waals surface area (Å²) in [5.41, 5.74) is 8.08. The van der Waals surface area contributed by atoms with Gasteiger partial charge in [-0.2, -0.15) is 0 Å². The summed E-state index contributed by atoms with van der Waals surface area (Å²) in [7, 11) is 0. The Kier molecular flexibility index (Phi) is 2.82. The molecule has 0 spiro atoms. The fourth-order valence-electron chi connectivity index (χ4n) is 2.40. The van der Waals surface area contributed by atoms with Crippen LogP contribution in [-0.4, -0.2) is 34.0 Å². The normalized spacial score (nSPS) is 18.9. The highest BCUT2D eigenvalue weighted by atomic mass is 15.2. The summed E-state index contributed by atoms with van der Waals surface area (Å²) >= 11 is 0. The zero-order valence-electron chi connectivity index (χ0n) is 9.89. The number of benzene rings is 1. The van der Waals surface area contributed by atoms with E-state index in [1.807, 2.05) is 18.2 Å². The maximum atomic E-state index is 5.90. The van der Waals surface area contributed by atoms with Crippen molar-refractivity contribution in [3.63, 3.8) is 0 Å². The Balaban J connectivity index is 1.72. The largest absolute Gasteiger partial charge is 0.341 e. The summed E-state index contributed by atoms with van der Waals surface area (Å²) < 4.78 is 0. The molecule has 0 radical (unpaired) electrons. The number of piperidine rings is 1. The fourth-order valence-corrected chi connectivity index (χ4v) is 2.40. The lowest BCUT2D eigenvalue weighted by atomic mass is 10.1. The van der Waals surface area contributed by atoms with Gasteiger partial charge >= 0.3 is 0 Å². The van der Waals surface area contributed by atoms with E-state index < -0.39 is 0 Å². The number of fused-ring (bicyclic) bond motifs is 1. The van der Waals surface area contributed by atoms with Crippen LogP contribution in [0.15, 0.2) is 24.3 Å². The third-order valence-corrected chi connectivity index (χ3v) is 3.44. The predicted octanol–water partition coefficient (Wildman–Crippen LogP) is 1.49. The van der Waals surface area contributed by atoms with Crippen LogP contribution < -0.4 is 5.73 Å². The van der Waals surface area contributed by atoms with E-state index in [9.17, 15) is 0 Å². The number of aromatic amines is 1. The average Bonchev–Trinajstić information content (AvgIpc) is 2.74. The monoisotopic (exact) mass is 230 g/mol. The number of likely N-dealkylation sites (tertiary alicyclic amines) is 1. The standard InChI is InChI=1S/C13H18N4/c14-10-5-7-17(8-6-10)9-13-15-11-3-1-2-4-12(11)16-13/h1-4,10H,5-9,14H2,(H,15,16). The van der Waals surface area contributed by atoms with Gasteiger partial charge in [0.25, 0.3) is 0 Å². The number of rotatable bonds is 2. The van der Waals surface area contributed by atoms with Crippen LogP contribution in [0.2, 0.25) is 0 Å². The second-order valence-corrected chi connectivity index (χ2v) is 4.81. The fraction of sp³-hybridized carbons (Fsp3) is 0.462. The van der Waals surface area contributed by atoms with Crippen molar-refractivity contribution in [1.29, 1.82) is 0 Å². The van der Waals surface area contributed by atoms with Crippen molar-refractivity contribution in [3.8, 4) is 0 Å². The Morgan fingerprint density at radius 1 is 1.29 bits per heavy atom. The minimum absolute atomic E-state index is 0.391. The summed E-state index contributed by atoms with van der Waals surface area (Å²) in [5.74, 6) is 1.06. The number of nitrogens with zero attached hydrogens (tertiary/aromatic N) is 2. The highest BCUT2D eigenvalue weighted by Crippen LogP contribution is 2.14. The van der Waals surface area contributed by atoms with Crippen LogP contribution in [-0.2, 0) is 6.54 Å². The first-order valence-corrected chi connectivity index (χ1v) is 6.23. The topological polar surface area (TPSA) is 57.9 Å². The Bertz CT molecular complexity index is 464. The van der Waals surface area contributed by atoms with Gasteiger partial charge in [-0.1, -0.05) is 12.1 Å². The van der Waals surface area contributed by atoms with Gasteiger partial charge in [0.1, 0.15) is 5.82 Å². The lowest BCUT2D eigenvalue weighted by Gasteiger charge is -2.29. The maximum Gasteiger partial charge on any atom is 0.121 e. The Labute approximate surface area is 101 Å². The molecular weight excluding hydrogens is 212 g/mol. The van der Waals surface area contributed by atoms with Gasteiger partial charge in [-0.15, -0.1) is 0 Å². The minimum atomic E-state index is 0.391. The first kappa shape index (κ1) is 10.7. The van der Waals surface area contributed by atoms with E-state index in [1.165, 1.54) is 0 Å². The summed E-state index contributed by atoms with van der Waals surface area (Å²) in [5, 5.41) is 0. The van der Waals surface area contributed by atoms with E-state index in [1.54, 1.807) is 0 Å². The highest BCUT2D eigenvalue weighted by molar-refractivity contribution is 5.74. The quantitative estimate of drug-likeness (QED) is 0.821. The zero-order chi connectivity index (χ0) is 11.7. The molecule has 3 rings (SSSR count). The molecule has 0 atom stereocenters. The number of aromatic nitrogens is 2. The molecule has 2 heterocycles. The molecule has 0 unspecified atom stereocenters. The van der Waals surface area contributed by atoms with Crippen molar-refractivity contribution in [2.45, 2.75) is 25.4 Å². The lowest BCUT2D eigenvalue weighted by Crippen LogP contribution is -2.39. The van der Waals surface area contributed by atoms with Crippen LogP contribution in [0.1, 0.15) is 18.7 Å². The number of nitrogens with two attached hydrogens (primary N) is 1. The smallest absolute Gasteiger partial charge is 0.121 e. The molecule has 2 aromatic rings. The van der Waals surface area contributed by atoms with Crippen LogP contribution in [0.25, 0.3) is 11.0 Å². The van der Waals surface area contributed by atoms with Gasteiger partial charge in [0, 0.05) is 19.1 Å². The van der Waals surface area contributed by atoms with E-state index in [-0.39, 0.29) is 0 Å². The van der Waals surface area contributed by atoms with E-state index in [0.717, 1.165) is 49.3 Å². The molecule has 17 heavy (non-hydrogen) atoms. The van der Waals surface area contributed by atoms with Crippen LogP contribution >= 0.6 is 0 Å². The third kappa shape index (κ3) is 2.33. The SMILES string of the molecule is NC1CCN(Cc2nc3ccccc3[nH]2)CC1. The van der Waals surface area contributed by atoms with Gasteiger partial charge in [0.15, 0.2) is 0 Å². The number of nitrogens with one attached hydrogen (secondary N) is 1. The van der Waals surface area contributed by atoms with Crippen molar-refractivity contribution in [2.75, 3.05) is 13.1 Å². The molecule has 0 bridgehead atoms. The molecule has 1 aromatic carbocycles. The Hall–Kier alpha value is -1.39. The van der Waals surface area contributed by atoms with Gasteiger partial charge in [-0.25, -0.2) is 4.98 Å². The van der Waals surface area contributed by atoms with Gasteiger partial charge in [0.05, 0.1) is 17.6 Å². The molecule has 1 aromatic heterocycles. The summed E-state index contributed by atoms with van der Waals surface area (Å²) in [6.45, 7) is 3.07. The van der Waals surface area contributed by atoms with Crippen LogP contribution in [0.4, 0.5) is 0 Å². The Morgan fingerprint density at radius 2 is 2.06 bits per heavy atom. The number of H-pyrrole nitrogens is 1. The summed E-state index contributed by atoms with van der Waals surface area (Å²) in [6, 6.07) is 8.55. The van der Waals surface area contributed by atoms with Crippen molar-refractivity contribution in [2.24, 2.45) is 5.73 Å². The van der Waals surface area contributed by atoms with Gasteiger partial charge in [-0.3, -0.25) is 4.90 Å². The second kappa shape index (κ2) is 4.47. The lowest BCUT2D eigenvalue weighted by molar-refractivity contribution is 0.202. The first-order valence-electron chi connectivity index (χ1n) is 6.23. The first-order chi connectivity index (χ1) is 8.31. The van der Waals surface area contributed by atoms with E-state index in [2.05, 4.69) is 20.9 Å². The van der Waals surface area contributed by atoms with Crippen molar-refractivity contribution in [1.82, 2.24) is 14.9 Å². The number of imidazole rings is 1. The predicted molar refractivity (Wildman–Crippen MR) is 68.6 cm³/mol. The molecule has 4 nitrogen and oxygen atoms in total. The van der Waals surface area contributed by atoms with Gasteiger partial charge < -0.3 is 10.7 Å². The molecule has 1 fully saturated rings. The third-order valence-electron chi connectivity index (χ3n) is 3.44. The van der Waals surface area contributed by atoms with Crippen molar-refractivity contribution in [3.05, 3.63) is 30.1 Å². The van der Waals surface area contributed by atoms with Crippen molar-refractivity contribution < 1.29 is 0 Å². The maximum absolute atomic E-state index is 5.90. The summed E-state index contributed by atoms with van der Waals surface area (Å²) in [4.78, 5) is 10.4. The average molecular weight is 230 g/mol. The van der Waals surface area contributed by atoms with E-state index in [4.69, 9.17) is 5.73 Å². The van der Waals surface area contributed by atoms with Crippen LogP contribution in [0.3, 0.4) is 0 Å². The summed E-state index contributed by atoms with van der Waals surface area (Å²) in [6.07, 6.45) is 2.19. The number of para-hydroxylation sites is 2. The van der Waals surface area contributed by atoms with E-state index >= 15 is 0 Å². The number of hydrogen-bond acceptors (Lipinski definition) is 3. The Morgan fingerprint density at radius 3 is 2.82 bits per heavy atom. The molecule has 3 N–H and O–H groups in total. The molecule has 90 valence electrons. The van der Waals surface area contributed by atoms with Crippen molar-refractivity contribution >= 4 is 11.0 Å². The second-order valence-electron chi connectivity index (χ2n) is 4.81. The molecule has 1 aliphatic heterocycles. The highest BCUT2D eigenvalue weighted by Gasteiger charge is 2.17. The van der Waals surface area contributed by atoms with Gasteiger partial charge in [-0.05, 0) is 25.0 Å². The number of hydrogen-bond donors (Lipinski definition) is 2. The molecule has 4 heteroatoms. The molecule has 0 saturated carbocycles. The molecule has 1 saturated heterocycles. The minimum Gasteiger partial charge on any atom is -0.341 e. The molecular formula is C13H18N4. The molecule has 0 amide bonds. The molecule has 0 aliphatic carbocycles. The van der Waals surface area contributed by atoms with E-state index in [0.29, 0.717) is 6.04 Å². The van der Waals surface area contributed by atoms with Crippen LogP contribution in [0, 0.1) is 0 Å². The van der Waals surface area contributed by atoms with Crippen LogP contribution in [0.5, 0.6) is 0 Å². The zero-order valence-corrected chi connectivity index (χ0v) is 9.89.